The van der Waals surface area contributed by atoms with E-state index < -0.39 is 60.9 Å². The van der Waals surface area contributed by atoms with Gasteiger partial charge in [0.25, 0.3) is 5.91 Å². The Bertz CT molecular complexity index is 1480. The van der Waals surface area contributed by atoms with E-state index in [1.807, 2.05) is 0 Å². The molecule has 1 aliphatic heterocycles. The van der Waals surface area contributed by atoms with E-state index in [1.54, 1.807) is 31.2 Å². The van der Waals surface area contributed by atoms with Crippen molar-refractivity contribution in [3.05, 3.63) is 64.0 Å². The molecule has 13 heteroatoms. The van der Waals surface area contributed by atoms with Crippen molar-refractivity contribution in [2.24, 2.45) is 0 Å². The van der Waals surface area contributed by atoms with Gasteiger partial charge in [0, 0.05) is 22.8 Å². The van der Waals surface area contributed by atoms with Crippen molar-refractivity contribution in [2.75, 3.05) is 18.6 Å². The van der Waals surface area contributed by atoms with Crippen molar-refractivity contribution in [1.82, 2.24) is 15.0 Å². The number of benzene rings is 2. The average Bonchev–Trinajstić information content (AvgIpc) is 3.61. The van der Waals surface area contributed by atoms with Crippen molar-refractivity contribution in [3.63, 3.8) is 0 Å². The van der Waals surface area contributed by atoms with E-state index >= 15 is 0 Å². The molecule has 5 rings (SSSR count). The van der Waals surface area contributed by atoms with Gasteiger partial charge in [0.2, 0.25) is 0 Å². The largest absolute Gasteiger partial charge is 0.394 e. The van der Waals surface area contributed by atoms with Crippen LogP contribution in [0.25, 0.3) is 11.3 Å². The topological polar surface area (TPSA) is 154 Å². The number of aromatic nitrogens is 3. The zero-order valence-corrected chi connectivity index (χ0v) is 24.6. The van der Waals surface area contributed by atoms with Crippen molar-refractivity contribution >= 4 is 27.5 Å². The number of hydrogen-bond acceptors (Lipinski definition) is 9. The van der Waals surface area contributed by atoms with Crippen LogP contribution in [0.5, 0.6) is 0 Å². The molecule has 3 aromatic rings. The van der Waals surface area contributed by atoms with Gasteiger partial charge in [-0.25, -0.2) is 9.07 Å². The van der Waals surface area contributed by atoms with Gasteiger partial charge in [0.05, 0.1) is 36.6 Å². The molecule has 0 unspecified atom stereocenters. The lowest BCUT2D eigenvalue weighted by atomic mass is 9.91. The molecule has 1 saturated carbocycles. The van der Waals surface area contributed by atoms with Gasteiger partial charge in [-0.05, 0) is 68.1 Å². The van der Waals surface area contributed by atoms with Crippen LogP contribution in [0, 0.1) is 24.1 Å². The second-order valence-electron chi connectivity index (χ2n) is 10.6. The van der Waals surface area contributed by atoms with Gasteiger partial charge in [0.1, 0.15) is 35.9 Å². The number of aryl methyl sites for hydroxylation is 1. The van der Waals surface area contributed by atoms with Crippen LogP contribution >= 0.6 is 15.9 Å². The maximum atomic E-state index is 14.4. The third-order valence-electron chi connectivity index (χ3n) is 7.84. The summed E-state index contributed by atoms with van der Waals surface area (Å²) in [5.74, 6) is -1.04. The predicted octanol–water partition coefficient (Wildman–Crippen LogP) is 2.65. The molecule has 1 aliphatic carbocycles. The lowest BCUT2D eigenvalue weighted by Gasteiger charge is -2.45. The number of carbonyl (C=O) groups excluding carboxylic acids is 1. The minimum atomic E-state index is -1.35. The second kappa shape index (κ2) is 12.5. The first-order valence-electron chi connectivity index (χ1n) is 13.5. The first-order chi connectivity index (χ1) is 20.1. The third-order valence-corrected chi connectivity index (χ3v) is 8.30. The molecule has 3 N–H and O–H groups in total. The van der Waals surface area contributed by atoms with Crippen LogP contribution in [0.3, 0.4) is 0 Å². The van der Waals surface area contributed by atoms with Crippen LogP contribution in [0.4, 0.5) is 10.1 Å². The van der Waals surface area contributed by atoms with E-state index in [2.05, 4.69) is 32.3 Å². The molecule has 2 heterocycles. The SMILES string of the molecule is CO[C@@H]1[C@@H](n2cc(-c3cc(F)cc(Br)c3)nn2)[C@@H](O)[C@@H](CO)O[C@H]1C(=O)N(c1cc(C)cc(C#N)c1)[C@H]1CCC[C@@H]1O. The maximum Gasteiger partial charge on any atom is 0.259 e. The first kappa shape index (κ1) is 30.2. The van der Waals surface area contributed by atoms with Crippen molar-refractivity contribution < 1.29 is 34.0 Å². The molecule has 42 heavy (non-hydrogen) atoms. The van der Waals surface area contributed by atoms with Gasteiger partial charge >= 0.3 is 0 Å². The Hall–Kier alpha value is -3.25. The molecular formula is C29H31BrFN5O6. The van der Waals surface area contributed by atoms with Gasteiger partial charge in [0.15, 0.2) is 6.10 Å². The fraction of sp³-hybridized carbons (Fsp3) is 0.448. The van der Waals surface area contributed by atoms with Crippen molar-refractivity contribution in [2.45, 2.75) is 68.8 Å². The van der Waals surface area contributed by atoms with Crippen LogP contribution in [-0.4, -0.2) is 86.5 Å². The van der Waals surface area contributed by atoms with Crippen LogP contribution in [-0.2, 0) is 14.3 Å². The molecular weight excluding hydrogens is 613 g/mol. The van der Waals surface area contributed by atoms with Gasteiger partial charge < -0.3 is 29.7 Å². The normalized spacial score (nSPS) is 27.5. The minimum Gasteiger partial charge on any atom is -0.394 e. The van der Waals surface area contributed by atoms with Gasteiger partial charge in [-0.3, -0.25) is 4.79 Å². The van der Waals surface area contributed by atoms with Crippen LogP contribution in [0.1, 0.15) is 36.4 Å². The molecule has 2 aliphatic rings. The van der Waals surface area contributed by atoms with Crippen LogP contribution in [0.2, 0.25) is 0 Å². The highest BCUT2D eigenvalue weighted by atomic mass is 79.9. The monoisotopic (exact) mass is 643 g/mol. The van der Waals surface area contributed by atoms with E-state index in [4.69, 9.17) is 9.47 Å². The lowest BCUT2D eigenvalue weighted by molar-refractivity contribution is -0.211. The number of aliphatic hydroxyl groups excluding tert-OH is 3. The number of nitriles is 1. The number of rotatable bonds is 7. The summed E-state index contributed by atoms with van der Waals surface area (Å²) in [5, 5.41) is 50.1. The standard InChI is InChI=1S/C29H31BrFN5O6/c1-15-6-16(12-32)8-20(7-15)36(22-4-3-5-23(22)38)29(40)28-27(41-2)25(26(39)24(14-37)42-28)35-13-21(33-34-35)17-9-18(30)11-19(31)10-17/h6-11,13,22-28,37-39H,3-5,14H2,1-2H3/t22-,23-,24+,25-,26-,27+,28+/m0/s1. The van der Waals surface area contributed by atoms with Crippen LogP contribution < -0.4 is 4.90 Å². The fourth-order valence-corrected chi connectivity index (χ4v) is 6.39. The maximum absolute atomic E-state index is 14.4. The number of carbonyl (C=O) groups is 1. The third kappa shape index (κ3) is 5.83. The van der Waals surface area contributed by atoms with E-state index in [9.17, 15) is 29.8 Å². The number of nitrogens with zero attached hydrogens (tertiary/aromatic N) is 5. The Labute approximate surface area is 250 Å². The number of aliphatic hydroxyl groups is 3. The Morgan fingerprint density at radius 2 is 2.05 bits per heavy atom. The highest BCUT2D eigenvalue weighted by Gasteiger charge is 2.52. The summed E-state index contributed by atoms with van der Waals surface area (Å²) in [5.41, 5.74) is 2.27. The molecule has 1 aromatic heterocycles. The molecule has 0 spiro atoms. The summed E-state index contributed by atoms with van der Waals surface area (Å²) >= 11 is 3.27. The Balaban J connectivity index is 1.55. The summed E-state index contributed by atoms with van der Waals surface area (Å²) in [6.45, 7) is 1.20. The summed E-state index contributed by atoms with van der Waals surface area (Å²) in [6, 6.07) is 9.78. The van der Waals surface area contributed by atoms with Crippen molar-refractivity contribution in [3.8, 4) is 17.3 Å². The Morgan fingerprint density at radius 1 is 1.26 bits per heavy atom. The first-order valence-corrected chi connectivity index (χ1v) is 14.3. The minimum absolute atomic E-state index is 0.312. The number of halogens is 2. The van der Waals surface area contributed by atoms with Gasteiger partial charge in [-0.15, -0.1) is 5.10 Å². The Kier molecular flexibility index (Phi) is 9.03. The molecule has 2 fully saturated rings. The number of methoxy groups -OCH3 is 1. The predicted molar refractivity (Wildman–Crippen MR) is 152 cm³/mol. The van der Waals surface area contributed by atoms with Crippen LogP contribution in [0.15, 0.2) is 47.1 Å². The number of ether oxygens (including phenoxy) is 2. The van der Waals surface area contributed by atoms with E-state index in [0.29, 0.717) is 46.2 Å². The highest BCUT2D eigenvalue weighted by Crippen LogP contribution is 2.37. The van der Waals surface area contributed by atoms with E-state index in [0.717, 1.165) is 5.56 Å². The highest BCUT2D eigenvalue weighted by molar-refractivity contribution is 9.10. The number of amides is 1. The molecule has 1 amide bonds. The van der Waals surface area contributed by atoms with E-state index in [1.165, 1.54) is 35.0 Å². The fourth-order valence-electron chi connectivity index (χ4n) is 5.92. The zero-order valence-electron chi connectivity index (χ0n) is 23.0. The molecule has 222 valence electrons. The summed E-state index contributed by atoms with van der Waals surface area (Å²) in [7, 11) is 1.37. The summed E-state index contributed by atoms with van der Waals surface area (Å²) < 4.78 is 27.7. The van der Waals surface area contributed by atoms with E-state index in [-0.39, 0.29) is 0 Å². The lowest BCUT2D eigenvalue weighted by Crippen LogP contribution is -2.62. The average molecular weight is 644 g/mol. The van der Waals surface area contributed by atoms with Gasteiger partial charge in [-0.1, -0.05) is 21.1 Å². The molecule has 11 nitrogen and oxygen atoms in total. The second-order valence-corrected chi connectivity index (χ2v) is 11.6. The quantitative estimate of drug-likeness (QED) is 0.352. The Morgan fingerprint density at radius 3 is 2.69 bits per heavy atom. The van der Waals surface area contributed by atoms with Crippen molar-refractivity contribution in [1.29, 1.82) is 5.26 Å². The summed E-state index contributed by atoms with van der Waals surface area (Å²) in [4.78, 5) is 15.9. The number of anilines is 1. The molecule has 0 radical (unpaired) electrons. The molecule has 7 atom stereocenters. The zero-order chi connectivity index (χ0) is 30.1. The molecule has 1 saturated heterocycles. The smallest absolute Gasteiger partial charge is 0.259 e. The molecule has 0 bridgehead atoms. The van der Waals surface area contributed by atoms with Gasteiger partial charge in [-0.2, -0.15) is 5.26 Å². The molecule has 2 aromatic carbocycles. The number of hydrogen-bond donors (Lipinski definition) is 3. The summed E-state index contributed by atoms with van der Waals surface area (Å²) in [6.07, 6.45) is -2.56.